The van der Waals surface area contributed by atoms with E-state index >= 15 is 0 Å². The average molecular weight is 304 g/mol. The molecule has 3 heterocycles. The molecule has 0 radical (unpaired) electrons. The Balaban J connectivity index is 1.62. The lowest BCUT2D eigenvalue weighted by Gasteiger charge is -2.13. The van der Waals surface area contributed by atoms with Crippen LogP contribution >= 0.6 is 0 Å². The molecule has 0 saturated carbocycles. The molecule has 2 aromatic carbocycles. The molecule has 5 rings (SSSR count). The predicted octanol–water partition coefficient (Wildman–Crippen LogP) is 3.28. The van der Waals surface area contributed by atoms with Crippen LogP contribution in [-0.2, 0) is 0 Å². The Morgan fingerprint density at radius 2 is 1.26 bits per heavy atom. The Hall–Kier alpha value is -2.82. The van der Waals surface area contributed by atoms with Gasteiger partial charge in [0.2, 0.25) is 0 Å². The van der Waals surface area contributed by atoms with Crippen LogP contribution in [0.5, 0.6) is 0 Å². The monoisotopic (exact) mass is 304 g/mol. The molecule has 0 amide bonds. The van der Waals surface area contributed by atoms with E-state index in [4.69, 9.17) is 4.42 Å². The molecule has 0 bridgehead atoms. The number of hydrogen-bond acceptors (Lipinski definition) is 5. The van der Waals surface area contributed by atoms with Crippen LogP contribution in [0.2, 0.25) is 0 Å². The molecule has 0 spiro atoms. The van der Waals surface area contributed by atoms with Crippen molar-refractivity contribution in [1.29, 1.82) is 0 Å². The van der Waals surface area contributed by atoms with E-state index in [0.29, 0.717) is 0 Å². The van der Waals surface area contributed by atoms with Gasteiger partial charge >= 0.3 is 0 Å². The Morgan fingerprint density at radius 3 is 1.70 bits per heavy atom. The largest absolute Gasteiger partial charge is 0.456 e. The van der Waals surface area contributed by atoms with Crippen LogP contribution in [0.4, 0.5) is 11.4 Å². The molecule has 2 aliphatic rings. The zero-order valence-electron chi connectivity index (χ0n) is 12.6. The molecular weight excluding hydrogens is 288 g/mol. The van der Waals surface area contributed by atoms with Crippen LogP contribution in [0.3, 0.4) is 0 Å². The van der Waals surface area contributed by atoms with Crippen molar-refractivity contribution >= 4 is 46.0 Å². The van der Waals surface area contributed by atoms with Crippen molar-refractivity contribution in [2.45, 2.75) is 0 Å². The van der Waals surface area contributed by atoms with Gasteiger partial charge < -0.3 is 14.2 Å². The summed E-state index contributed by atoms with van der Waals surface area (Å²) in [5.41, 5.74) is 4.10. The van der Waals surface area contributed by atoms with Gasteiger partial charge in [-0.05, 0) is 24.3 Å². The second-order valence-electron chi connectivity index (χ2n) is 5.89. The molecule has 5 heteroatoms. The number of fused-ring (bicyclic) bond motifs is 3. The number of rotatable bonds is 2. The second-order valence-corrected chi connectivity index (χ2v) is 5.89. The molecule has 0 aliphatic carbocycles. The minimum atomic E-state index is 0.860. The van der Waals surface area contributed by atoms with E-state index in [1.165, 1.54) is 0 Å². The van der Waals surface area contributed by atoms with Gasteiger partial charge in [-0.2, -0.15) is 0 Å². The zero-order chi connectivity index (χ0) is 15.2. The summed E-state index contributed by atoms with van der Waals surface area (Å²) in [4.78, 5) is 12.8. The van der Waals surface area contributed by atoms with E-state index in [1.807, 2.05) is 12.7 Å². The van der Waals surface area contributed by atoms with E-state index in [2.05, 4.69) is 56.2 Å². The maximum atomic E-state index is 6.11. The fraction of sp³-hybridized carbons (Fsp3) is 0.222. The van der Waals surface area contributed by atoms with Crippen LogP contribution in [-0.4, -0.2) is 38.9 Å². The molecule has 23 heavy (non-hydrogen) atoms. The first-order valence-electron chi connectivity index (χ1n) is 7.88. The Bertz CT molecular complexity index is 880. The normalized spacial score (nSPS) is 17.2. The standard InChI is InChI=1S/C18H16N4O/c1-3-15-16-4-2-14(22-8-6-20-12-22)10-18(16)23-17(15)9-13(1)21-7-5-19-11-21/h1-4,9-12H,5-8H2. The Labute approximate surface area is 133 Å². The summed E-state index contributed by atoms with van der Waals surface area (Å²) in [6, 6.07) is 12.7. The first kappa shape index (κ1) is 12.7. The summed E-state index contributed by atoms with van der Waals surface area (Å²) in [5, 5.41) is 2.31. The van der Waals surface area contributed by atoms with Gasteiger partial charge in [0, 0.05) is 47.4 Å². The fourth-order valence-corrected chi connectivity index (χ4v) is 3.26. The number of furan rings is 1. The highest BCUT2D eigenvalue weighted by Crippen LogP contribution is 2.33. The van der Waals surface area contributed by atoms with E-state index in [9.17, 15) is 0 Å². The summed E-state index contributed by atoms with van der Waals surface area (Å²) in [6.45, 7) is 3.59. The minimum Gasteiger partial charge on any atom is -0.456 e. The first-order chi connectivity index (χ1) is 11.4. The van der Waals surface area contributed by atoms with Gasteiger partial charge in [-0.15, -0.1) is 0 Å². The molecular formula is C18H16N4O. The molecule has 0 N–H and O–H groups in total. The highest BCUT2D eigenvalue weighted by atomic mass is 16.3. The summed E-state index contributed by atoms with van der Waals surface area (Å²) in [5.74, 6) is 0. The Morgan fingerprint density at radius 1 is 0.739 bits per heavy atom. The van der Waals surface area contributed by atoms with Crippen molar-refractivity contribution in [2.75, 3.05) is 36.0 Å². The quantitative estimate of drug-likeness (QED) is 0.730. The Kier molecular flexibility index (Phi) is 2.67. The smallest absolute Gasteiger partial charge is 0.137 e. The topological polar surface area (TPSA) is 44.3 Å². The molecule has 0 fully saturated rings. The predicted molar refractivity (Wildman–Crippen MR) is 95.1 cm³/mol. The van der Waals surface area contributed by atoms with Gasteiger partial charge in [0.05, 0.1) is 25.8 Å². The average Bonchev–Trinajstić information content (AvgIpc) is 3.32. The third-order valence-electron chi connectivity index (χ3n) is 4.49. The number of hydrogen-bond donors (Lipinski definition) is 0. The zero-order valence-corrected chi connectivity index (χ0v) is 12.6. The summed E-state index contributed by atoms with van der Waals surface area (Å²) >= 11 is 0. The van der Waals surface area contributed by atoms with Crippen molar-refractivity contribution in [2.24, 2.45) is 9.98 Å². The van der Waals surface area contributed by atoms with Crippen LogP contribution in [0.15, 0.2) is 50.8 Å². The van der Waals surface area contributed by atoms with Gasteiger partial charge in [-0.1, -0.05) is 0 Å². The van der Waals surface area contributed by atoms with Gasteiger partial charge in [-0.25, -0.2) is 0 Å². The number of benzene rings is 2. The second kappa shape index (κ2) is 4.84. The number of aliphatic imine (C=N–C) groups is 2. The van der Waals surface area contributed by atoms with Crippen LogP contribution in [0.1, 0.15) is 0 Å². The van der Waals surface area contributed by atoms with Gasteiger partial charge in [0.15, 0.2) is 0 Å². The minimum absolute atomic E-state index is 0.860. The van der Waals surface area contributed by atoms with Crippen LogP contribution in [0.25, 0.3) is 21.9 Å². The third kappa shape index (κ3) is 2.00. The van der Waals surface area contributed by atoms with E-state index < -0.39 is 0 Å². The lowest BCUT2D eigenvalue weighted by atomic mass is 10.1. The molecule has 2 aliphatic heterocycles. The van der Waals surface area contributed by atoms with Crippen molar-refractivity contribution < 1.29 is 4.42 Å². The van der Waals surface area contributed by atoms with Gasteiger partial charge in [0.25, 0.3) is 0 Å². The van der Waals surface area contributed by atoms with E-state index in [1.54, 1.807) is 0 Å². The van der Waals surface area contributed by atoms with Gasteiger partial charge in [0.1, 0.15) is 11.2 Å². The van der Waals surface area contributed by atoms with Crippen molar-refractivity contribution in [3.05, 3.63) is 36.4 Å². The highest BCUT2D eigenvalue weighted by molar-refractivity contribution is 6.07. The maximum Gasteiger partial charge on any atom is 0.137 e. The number of nitrogens with zero attached hydrogens (tertiary/aromatic N) is 4. The van der Waals surface area contributed by atoms with Crippen molar-refractivity contribution in [1.82, 2.24) is 0 Å². The third-order valence-corrected chi connectivity index (χ3v) is 4.49. The summed E-state index contributed by atoms with van der Waals surface area (Å²) < 4.78 is 6.11. The summed E-state index contributed by atoms with van der Waals surface area (Å²) in [6.07, 6.45) is 3.79. The molecule has 0 atom stereocenters. The molecule has 1 aromatic heterocycles. The SMILES string of the molecule is C1=NCCN1c1ccc2c(c1)oc1cc(N3C=NCC3)ccc12. The van der Waals surface area contributed by atoms with E-state index in [-0.39, 0.29) is 0 Å². The molecule has 0 unspecified atom stereocenters. The van der Waals surface area contributed by atoms with Crippen molar-refractivity contribution in [3.63, 3.8) is 0 Å². The first-order valence-corrected chi connectivity index (χ1v) is 7.88. The molecule has 3 aromatic rings. The molecule has 5 nitrogen and oxygen atoms in total. The lowest BCUT2D eigenvalue weighted by molar-refractivity contribution is 0.669. The van der Waals surface area contributed by atoms with E-state index in [0.717, 1.165) is 59.5 Å². The lowest BCUT2D eigenvalue weighted by Crippen LogP contribution is -2.17. The highest BCUT2D eigenvalue weighted by Gasteiger charge is 2.14. The van der Waals surface area contributed by atoms with Crippen LogP contribution in [0, 0.1) is 0 Å². The fourth-order valence-electron chi connectivity index (χ4n) is 3.26. The summed E-state index contributed by atoms with van der Waals surface area (Å²) in [7, 11) is 0. The maximum absolute atomic E-state index is 6.11. The molecule has 114 valence electrons. The number of anilines is 2. The molecule has 0 saturated heterocycles. The van der Waals surface area contributed by atoms with Crippen LogP contribution < -0.4 is 9.80 Å². The van der Waals surface area contributed by atoms with Crippen molar-refractivity contribution in [3.8, 4) is 0 Å². The van der Waals surface area contributed by atoms with Gasteiger partial charge in [-0.3, -0.25) is 9.98 Å².